The number of nitrogens with one attached hydrogen (secondary N) is 1. The second kappa shape index (κ2) is 7.24. The Hall–Kier alpha value is -1.40. The van der Waals surface area contributed by atoms with Crippen LogP contribution in [0.5, 0.6) is 0 Å². The Labute approximate surface area is 132 Å². The molecule has 1 N–H and O–H groups in total. The Morgan fingerprint density at radius 1 is 1.36 bits per heavy atom. The van der Waals surface area contributed by atoms with Crippen molar-refractivity contribution in [2.24, 2.45) is 5.92 Å². The van der Waals surface area contributed by atoms with Crippen LogP contribution in [0.4, 0.5) is 0 Å². The summed E-state index contributed by atoms with van der Waals surface area (Å²) >= 11 is 0. The predicted octanol–water partition coefficient (Wildman–Crippen LogP) is 2.00. The molecule has 1 fully saturated rings. The second-order valence-electron chi connectivity index (χ2n) is 5.83. The minimum absolute atomic E-state index is 0.0395. The molecule has 1 aliphatic rings. The minimum Gasteiger partial charge on any atom is -0.353 e. The average Bonchev–Trinajstić information content (AvgIpc) is 2.55. The van der Waals surface area contributed by atoms with Crippen LogP contribution in [0.2, 0.25) is 0 Å². The van der Waals surface area contributed by atoms with E-state index in [1.807, 2.05) is 13.8 Å². The summed E-state index contributed by atoms with van der Waals surface area (Å²) in [7, 11) is -3.51. The molecule has 1 aromatic rings. The number of carbonyl (C=O) groups is 1. The standard InChI is InChI=1S/C16H24N2O3S/c1-3-13(2)17-16(19)14-8-7-11-18(12-14)22(20,21)15-9-5-4-6-10-15/h4-6,9-10,13-14H,3,7-8,11-12H2,1-2H3,(H,17,19)/t13-,14+/m1/s1. The molecule has 0 aromatic heterocycles. The maximum absolute atomic E-state index is 12.6. The van der Waals surface area contributed by atoms with Gasteiger partial charge in [-0.2, -0.15) is 4.31 Å². The van der Waals surface area contributed by atoms with Crippen molar-refractivity contribution in [3.63, 3.8) is 0 Å². The van der Waals surface area contributed by atoms with Gasteiger partial charge in [-0.3, -0.25) is 4.79 Å². The van der Waals surface area contributed by atoms with E-state index in [-0.39, 0.29) is 29.3 Å². The Kier molecular flexibility index (Phi) is 5.58. The van der Waals surface area contributed by atoms with Crippen molar-refractivity contribution in [1.82, 2.24) is 9.62 Å². The molecule has 2 rings (SSSR count). The van der Waals surface area contributed by atoms with E-state index in [0.29, 0.717) is 13.0 Å². The highest BCUT2D eigenvalue weighted by Crippen LogP contribution is 2.23. The molecule has 1 aliphatic heterocycles. The van der Waals surface area contributed by atoms with Crippen LogP contribution in [0.15, 0.2) is 35.2 Å². The number of hydrogen-bond donors (Lipinski definition) is 1. The van der Waals surface area contributed by atoms with Crippen LogP contribution in [0.1, 0.15) is 33.1 Å². The zero-order chi connectivity index (χ0) is 16.2. The lowest BCUT2D eigenvalue weighted by Crippen LogP contribution is -2.46. The van der Waals surface area contributed by atoms with Crippen molar-refractivity contribution >= 4 is 15.9 Å². The first-order chi connectivity index (χ1) is 10.4. The number of benzene rings is 1. The topological polar surface area (TPSA) is 66.5 Å². The molecule has 6 heteroatoms. The summed E-state index contributed by atoms with van der Waals surface area (Å²) in [6.07, 6.45) is 2.32. The van der Waals surface area contributed by atoms with Crippen LogP contribution in [-0.2, 0) is 14.8 Å². The Morgan fingerprint density at radius 2 is 2.05 bits per heavy atom. The average molecular weight is 324 g/mol. The molecule has 0 saturated carbocycles. The summed E-state index contributed by atoms with van der Waals surface area (Å²) < 4.78 is 26.7. The highest BCUT2D eigenvalue weighted by molar-refractivity contribution is 7.89. The zero-order valence-corrected chi connectivity index (χ0v) is 14.0. The summed E-state index contributed by atoms with van der Waals surface area (Å²) in [5.41, 5.74) is 0. The lowest BCUT2D eigenvalue weighted by atomic mass is 9.98. The molecule has 0 bridgehead atoms. The van der Waals surface area contributed by atoms with Crippen molar-refractivity contribution < 1.29 is 13.2 Å². The first-order valence-electron chi connectivity index (χ1n) is 7.80. The van der Waals surface area contributed by atoms with Crippen molar-refractivity contribution in [2.75, 3.05) is 13.1 Å². The number of rotatable bonds is 5. The Balaban J connectivity index is 2.09. The van der Waals surface area contributed by atoms with Gasteiger partial charge in [-0.25, -0.2) is 8.42 Å². The molecule has 122 valence electrons. The lowest BCUT2D eigenvalue weighted by molar-refractivity contribution is -0.126. The first-order valence-corrected chi connectivity index (χ1v) is 9.24. The van der Waals surface area contributed by atoms with Gasteiger partial charge in [0.1, 0.15) is 0 Å². The van der Waals surface area contributed by atoms with Gasteiger partial charge in [0.05, 0.1) is 10.8 Å². The molecule has 1 amide bonds. The van der Waals surface area contributed by atoms with Crippen molar-refractivity contribution in [2.45, 2.75) is 44.0 Å². The maximum Gasteiger partial charge on any atom is 0.243 e. The van der Waals surface area contributed by atoms with Gasteiger partial charge in [-0.1, -0.05) is 25.1 Å². The number of carbonyl (C=O) groups excluding carboxylic acids is 1. The Bertz CT molecular complexity index is 601. The summed E-state index contributed by atoms with van der Waals surface area (Å²) in [5.74, 6) is -0.302. The molecule has 2 atom stereocenters. The minimum atomic E-state index is -3.51. The van der Waals surface area contributed by atoms with Crippen molar-refractivity contribution in [3.05, 3.63) is 30.3 Å². The summed E-state index contributed by atoms with van der Waals surface area (Å²) in [6, 6.07) is 8.52. The van der Waals surface area contributed by atoms with E-state index in [1.165, 1.54) is 4.31 Å². The smallest absolute Gasteiger partial charge is 0.243 e. The van der Waals surface area contributed by atoms with Gasteiger partial charge in [0.2, 0.25) is 15.9 Å². The molecule has 1 aromatic carbocycles. The predicted molar refractivity (Wildman–Crippen MR) is 85.8 cm³/mol. The molecule has 0 radical (unpaired) electrons. The third kappa shape index (κ3) is 3.87. The molecular weight excluding hydrogens is 300 g/mol. The number of sulfonamides is 1. The number of nitrogens with zero attached hydrogens (tertiary/aromatic N) is 1. The van der Waals surface area contributed by atoms with E-state index >= 15 is 0 Å². The Morgan fingerprint density at radius 3 is 2.68 bits per heavy atom. The zero-order valence-electron chi connectivity index (χ0n) is 13.2. The van der Waals surface area contributed by atoms with Gasteiger partial charge in [0, 0.05) is 19.1 Å². The van der Waals surface area contributed by atoms with Crippen LogP contribution in [0, 0.1) is 5.92 Å². The highest BCUT2D eigenvalue weighted by Gasteiger charge is 2.33. The molecule has 1 heterocycles. The largest absolute Gasteiger partial charge is 0.353 e. The van der Waals surface area contributed by atoms with Gasteiger partial charge in [0.25, 0.3) is 0 Å². The van der Waals surface area contributed by atoms with Gasteiger partial charge >= 0.3 is 0 Å². The van der Waals surface area contributed by atoms with E-state index in [0.717, 1.165) is 12.8 Å². The third-order valence-electron chi connectivity index (χ3n) is 4.14. The molecule has 22 heavy (non-hydrogen) atoms. The SMILES string of the molecule is CC[C@@H](C)NC(=O)[C@H]1CCCN(S(=O)(=O)c2ccccc2)C1. The molecule has 0 unspecified atom stereocenters. The van der Waals surface area contributed by atoms with E-state index < -0.39 is 10.0 Å². The van der Waals surface area contributed by atoms with Gasteiger partial charge < -0.3 is 5.32 Å². The summed E-state index contributed by atoms with van der Waals surface area (Å²) in [4.78, 5) is 12.5. The van der Waals surface area contributed by atoms with E-state index in [1.54, 1.807) is 30.3 Å². The fourth-order valence-corrected chi connectivity index (χ4v) is 4.12. The summed E-state index contributed by atoms with van der Waals surface area (Å²) in [6.45, 7) is 4.71. The number of hydrogen-bond acceptors (Lipinski definition) is 3. The quantitative estimate of drug-likeness (QED) is 0.901. The van der Waals surface area contributed by atoms with Gasteiger partial charge in [0.15, 0.2) is 0 Å². The monoisotopic (exact) mass is 324 g/mol. The molecule has 5 nitrogen and oxygen atoms in total. The highest BCUT2D eigenvalue weighted by atomic mass is 32.2. The number of amides is 1. The van der Waals surface area contributed by atoms with E-state index in [4.69, 9.17) is 0 Å². The van der Waals surface area contributed by atoms with Gasteiger partial charge in [-0.15, -0.1) is 0 Å². The molecule has 0 spiro atoms. The molecule has 0 aliphatic carbocycles. The van der Waals surface area contributed by atoms with Crippen LogP contribution < -0.4 is 5.32 Å². The second-order valence-corrected chi connectivity index (χ2v) is 7.77. The van der Waals surface area contributed by atoms with Gasteiger partial charge in [-0.05, 0) is 38.3 Å². The normalized spacial score (nSPS) is 21.3. The van der Waals surface area contributed by atoms with Crippen LogP contribution in [0.3, 0.4) is 0 Å². The van der Waals surface area contributed by atoms with E-state index in [9.17, 15) is 13.2 Å². The fourth-order valence-electron chi connectivity index (χ4n) is 2.58. The van der Waals surface area contributed by atoms with Crippen LogP contribution in [0.25, 0.3) is 0 Å². The van der Waals surface area contributed by atoms with Crippen LogP contribution in [-0.4, -0.2) is 37.8 Å². The maximum atomic E-state index is 12.6. The molecular formula is C16H24N2O3S. The number of piperidine rings is 1. The summed E-state index contributed by atoms with van der Waals surface area (Å²) in [5, 5.41) is 2.95. The van der Waals surface area contributed by atoms with Crippen molar-refractivity contribution in [1.29, 1.82) is 0 Å². The fraction of sp³-hybridized carbons (Fsp3) is 0.562. The van der Waals surface area contributed by atoms with E-state index in [2.05, 4.69) is 5.32 Å². The third-order valence-corrected chi connectivity index (χ3v) is 6.02. The first kappa shape index (κ1) is 17.0. The van der Waals surface area contributed by atoms with Crippen LogP contribution >= 0.6 is 0 Å². The lowest BCUT2D eigenvalue weighted by Gasteiger charge is -2.31. The molecule has 1 saturated heterocycles. The van der Waals surface area contributed by atoms with Crippen molar-refractivity contribution in [3.8, 4) is 0 Å².